The van der Waals surface area contributed by atoms with Crippen LogP contribution in [-0.4, -0.2) is 34.1 Å². The highest BCUT2D eigenvalue weighted by Crippen LogP contribution is 2.29. The lowest BCUT2D eigenvalue weighted by molar-refractivity contribution is 0.249. The molecule has 2 rings (SSSR count). The number of likely N-dealkylation sites (N-methyl/N-ethyl adjacent to an activating group) is 1. The van der Waals surface area contributed by atoms with Crippen LogP contribution in [0.4, 0.5) is 0 Å². The first-order valence-electron chi connectivity index (χ1n) is 5.36. The normalized spacial score (nSPS) is 28.9. The molecular formula is C11H19N3. The van der Waals surface area contributed by atoms with E-state index in [1.165, 1.54) is 6.42 Å². The van der Waals surface area contributed by atoms with E-state index in [0.29, 0.717) is 6.04 Å². The Morgan fingerprint density at radius 1 is 1.43 bits per heavy atom. The summed E-state index contributed by atoms with van der Waals surface area (Å²) < 4.78 is 2.24. The molecule has 1 aromatic rings. The highest BCUT2D eigenvalue weighted by Gasteiger charge is 2.31. The Kier molecular flexibility index (Phi) is 2.59. The molecule has 78 valence electrons. The van der Waals surface area contributed by atoms with E-state index >= 15 is 0 Å². The Labute approximate surface area is 85.7 Å². The molecule has 2 atom stereocenters. The van der Waals surface area contributed by atoms with Crippen molar-refractivity contribution in [2.75, 3.05) is 13.6 Å². The minimum atomic E-state index is 0.620. The molecule has 1 aliphatic rings. The zero-order chi connectivity index (χ0) is 10.1. The Morgan fingerprint density at radius 2 is 2.21 bits per heavy atom. The topological polar surface area (TPSA) is 21.1 Å². The quantitative estimate of drug-likeness (QED) is 0.714. The number of imidazole rings is 1. The number of hydrogen-bond donors (Lipinski definition) is 0. The molecule has 0 bridgehead atoms. The zero-order valence-corrected chi connectivity index (χ0v) is 9.22. The molecule has 14 heavy (non-hydrogen) atoms. The van der Waals surface area contributed by atoms with Crippen LogP contribution in [-0.2, 0) is 0 Å². The monoisotopic (exact) mass is 193 g/mol. The lowest BCUT2D eigenvalue weighted by atomic mass is 10.0. The van der Waals surface area contributed by atoms with E-state index in [1.807, 2.05) is 12.5 Å². The van der Waals surface area contributed by atoms with Crippen molar-refractivity contribution in [2.24, 2.45) is 5.92 Å². The number of nitrogens with zero attached hydrogens (tertiary/aromatic N) is 3. The van der Waals surface area contributed by atoms with Gasteiger partial charge in [0.15, 0.2) is 0 Å². The minimum absolute atomic E-state index is 0.620. The van der Waals surface area contributed by atoms with Gasteiger partial charge in [-0.3, -0.25) is 0 Å². The highest BCUT2D eigenvalue weighted by molar-refractivity contribution is 4.91. The molecule has 0 unspecified atom stereocenters. The van der Waals surface area contributed by atoms with E-state index in [0.717, 1.165) is 18.5 Å². The van der Waals surface area contributed by atoms with Crippen molar-refractivity contribution in [3.8, 4) is 0 Å². The summed E-state index contributed by atoms with van der Waals surface area (Å²) in [6.45, 7) is 5.76. The molecule has 3 heteroatoms. The molecule has 0 radical (unpaired) electrons. The van der Waals surface area contributed by atoms with Crippen LogP contribution in [0.2, 0.25) is 0 Å². The van der Waals surface area contributed by atoms with Crippen molar-refractivity contribution in [3.05, 3.63) is 18.7 Å². The van der Waals surface area contributed by atoms with E-state index in [2.05, 4.69) is 41.5 Å². The summed E-state index contributed by atoms with van der Waals surface area (Å²) in [5, 5.41) is 0. The molecule has 1 saturated heterocycles. The summed E-state index contributed by atoms with van der Waals surface area (Å²) in [5.74, 6) is 0.744. The SMILES string of the molecule is CC(C)[C@@H]1C[C@H](n2ccnc2)CN1C. The third-order valence-electron chi connectivity index (χ3n) is 3.29. The van der Waals surface area contributed by atoms with Gasteiger partial charge in [-0.25, -0.2) is 4.98 Å². The summed E-state index contributed by atoms with van der Waals surface area (Å²) in [5.41, 5.74) is 0. The largest absolute Gasteiger partial charge is 0.333 e. The van der Waals surface area contributed by atoms with Gasteiger partial charge in [-0.1, -0.05) is 13.8 Å². The van der Waals surface area contributed by atoms with E-state index in [4.69, 9.17) is 0 Å². The van der Waals surface area contributed by atoms with Crippen LogP contribution in [0.25, 0.3) is 0 Å². The third kappa shape index (κ3) is 1.69. The number of aromatic nitrogens is 2. The molecule has 0 aromatic carbocycles. The van der Waals surface area contributed by atoms with E-state index in [1.54, 1.807) is 0 Å². The Balaban J connectivity index is 2.06. The molecule has 0 saturated carbocycles. The van der Waals surface area contributed by atoms with Crippen molar-refractivity contribution in [1.29, 1.82) is 0 Å². The molecule has 0 aliphatic carbocycles. The molecule has 1 aromatic heterocycles. The Bertz CT molecular complexity index is 279. The predicted molar refractivity (Wildman–Crippen MR) is 57.1 cm³/mol. The Hall–Kier alpha value is -0.830. The number of hydrogen-bond acceptors (Lipinski definition) is 2. The van der Waals surface area contributed by atoms with E-state index in [-0.39, 0.29) is 0 Å². The lowest BCUT2D eigenvalue weighted by Gasteiger charge is -2.22. The van der Waals surface area contributed by atoms with Crippen molar-refractivity contribution >= 4 is 0 Å². The second kappa shape index (κ2) is 3.73. The van der Waals surface area contributed by atoms with Gasteiger partial charge in [-0.05, 0) is 19.4 Å². The first kappa shape index (κ1) is 9.71. The Morgan fingerprint density at radius 3 is 2.71 bits per heavy atom. The molecular weight excluding hydrogens is 174 g/mol. The molecule has 1 aliphatic heterocycles. The van der Waals surface area contributed by atoms with E-state index in [9.17, 15) is 0 Å². The summed E-state index contributed by atoms with van der Waals surface area (Å²) in [7, 11) is 2.22. The maximum Gasteiger partial charge on any atom is 0.0948 e. The van der Waals surface area contributed by atoms with Crippen LogP contribution in [0.3, 0.4) is 0 Å². The summed E-state index contributed by atoms with van der Waals surface area (Å²) >= 11 is 0. The van der Waals surface area contributed by atoms with Gasteiger partial charge < -0.3 is 9.47 Å². The van der Waals surface area contributed by atoms with Crippen LogP contribution in [0.15, 0.2) is 18.7 Å². The lowest BCUT2D eigenvalue weighted by Crippen LogP contribution is -2.29. The van der Waals surface area contributed by atoms with Gasteiger partial charge in [0.05, 0.1) is 6.33 Å². The summed E-state index contributed by atoms with van der Waals surface area (Å²) in [4.78, 5) is 6.57. The first-order valence-corrected chi connectivity index (χ1v) is 5.36. The number of likely N-dealkylation sites (tertiary alicyclic amines) is 1. The fourth-order valence-electron chi connectivity index (χ4n) is 2.48. The van der Waals surface area contributed by atoms with Crippen LogP contribution < -0.4 is 0 Å². The fourth-order valence-corrected chi connectivity index (χ4v) is 2.48. The van der Waals surface area contributed by atoms with Gasteiger partial charge in [0.1, 0.15) is 0 Å². The molecule has 2 heterocycles. The highest BCUT2D eigenvalue weighted by atomic mass is 15.2. The average Bonchev–Trinajstić information content (AvgIpc) is 2.70. The summed E-state index contributed by atoms with van der Waals surface area (Å²) in [6, 6.07) is 1.34. The minimum Gasteiger partial charge on any atom is -0.333 e. The maximum absolute atomic E-state index is 4.11. The van der Waals surface area contributed by atoms with Crippen LogP contribution >= 0.6 is 0 Å². The summed E-state index contributed by atoms with van der Waals surface area (Å²) in [6.07, 6.45) is 7.12. The average molecular weight is 193 g/mol. The van der Waals surface area contributed by atoms with Gasteiger partial charge in [0.25, 0.3) is 0 Å². The maximum atomic E-state index is 4.11. The van der Waals surface area contributed by atoms with Gasteiger partial charge >= 0.3 is 0 Å². The first-order chi connectivity index (χ1) is 6.68. The van der Waals surface area contributed by atoms with Crippen LogP contribution in [0.1, 0.15) is 26.3 Å². The molecule has 0 spiro atoms. The van der Waals surface area contributed by atoms with Gasteiger partial charge in [0, 0.05) is 31.0 Å². The molecule has 0 N–H and O–H groups in total. The molecule has 1 fully saturated rings. The van der Waals surface area contributed by atoms with Crippen LogP contribution in [0, 0.1) is 5.92 Å². The molecule has 0 amide bonds. The zero-order valence-electron chi connectivity index (χ0n) is 9.22. The van der Waals surface area contributed by atoms with Crippen molar-refractivity contribution in [3.63, 3.8) is 0 Å². The van der Waals surface area contributed by atoms with Gasteiger partial charge in [-0.15, -0.1) is 0 Å². The second-order valence-corrected chi connectivity index (χ2v) is 4.65. The van der Waals surface area contributed by atoms with Crippen molar-refractivity contribution in [1.82, 2.24) is 14.5 Å². The van der Waals surface area contributed by atoms with Crippen molar-refractivity contribution < 1.29 is 0 Å². The smallest absolute Gasteiger partial charge is 0.0948 e. The predicted octanol–water partition coefficient (Wildman–Crippen LogP) is 1.78. The fraction of sp³-hybridized carbons (Fsp3) is 0.727. The van der Waals surface area contributed by atoms with Crippen molar-refractivity contribution in [2.45, 2.75) is 32.4 Å². The second-order valence-electron chi connectivity index (χ2n) is 4.65. The standard InChI is InChI=1S/C11H19N3/c1-9(2)11-6-10(7-13(11)3)14-5-4-12-8-14/h4-5,8-11H,6-7H2,1-3H3/t10-,11-/m0/s1. The third-order valence-corrected chi connectivity index (χ3v) is 3.29. The van der Waals surface area contributed by atoms with E-state index < -0.39 is 0 Å². The van der Waals surface area contributed by atoms with Crippen LogP contribution in [0.5, 0.6) is 0 Å². The van der Waals surface area contributed by atoms with Gasteiger partial charge in [0.2, 0.25) is 0 Å². The van der Waals surface area contributed by atoms with Gasteiger partial charge in [-0.2, -0.15) is 0 Å². The molecule has 3 nitrogen and oxygen atoms in total. The number of rotatable bonds is 2.